The summed E-state index contributed by atoms with van der Waals surface area (Å²) in [5, 5.41) is 0. The van der Waals surface area contributed by atoms with Crippen LogP contribution in [-0.2, 0) is 12.8 Å². The van der Waals surface area contributed by atoms with Crippen molar-refractivity contribution in [1.82, 2.24) is 0 Å². The highest BCUT2D eigenvalue weighted by Crippen LogP contribution is 2.25. The fraction of sp³-hybridized carbons (Fsp3) is 0.500. The summed E-state index contributed by atoms with van der Waals surface area (Å²) in [6.07, 6.45) is 25.0. The molecule has 0 N–H and O–H groups in total. The Labute approximate surface area is 234 Å². The van der Waals surface area contributed by atoms with Crippen molar-refractivity contribution in [1.29, 1.82) is 0 Å². The summed E-state index contributed by atoms with van der Waals surface area (Å²) in [5.74, 6) is 0. The zero-order valence-corrected chi connectivity index (χ0v) is 24.7. The van der Waals surface area contributed by atoms with Gasteiger partial charge in [-0.1, -0.05) is 121 Å². The predicted molar refractivity (Wildman–Crippen MR) is 171 cm³/mol. The van der Waals surface area contributed by atoms with Gasteiger partial charge in [0.2, 0.25) is 0 Å². The fourth-order valence-corrected chi connectivity index (χ4v) is 4.57. The van der Waals surface area contributed by atoms with Crippen LogP contribution in [0.25, 0.3) is 0 Å². The second kappa shape index (κ2) is 20.3. The third kappa shape index (κ3) is 12.2. The van der Waals surface area contributed by atoms with Crippen molar-refractivity contribution in [2.75, 3.05) is 0 Å². The van der Waals surface area contributed by atoms with Gasteiger partial charge in [-0.05, 0) is 81.0 Å². The van der Waals surface area contributed by atoms with Gasteiger partial charge in [0.15, 0.2) is 0 Å². The molecule has 0 aliphatic rings. The van der Waals surface area contributed by atoms with Gasteiger partial charge in [-0.15, -0.1) is 0 Å². The first kappa shape index (κ1) is 31.5. The Morgan fingerprint density at radius 3 is 1.55 bits per heavy atom. The van der Waals surface area contributed by atoms with E-state index in [0.717, 1.165) is 80.6 Å². The molecule has 0 saturated carbocycles. The maximum Gasteiger partial charge on any atom is 0.0665 e. The normalized spacial score (nSPS) is 12.7. The second-order valence-electron chi connectivity index (χ2n) is 10.1. The number of nitrogens with zero attached hydrogens (tertiary/aromatic N) is 2. The number of hydrogen-bond acceptors (Lipinski definition) is 2. The third-order valence-corrected chi connectivity index (χ3v) is 6.83. The van der Waals surface area contributed by atoms with Crippen molar-refractivity contribution >= 4 is 22.8 Å². The first-order valence-electron chi connectivity index (χ1n) is 15.3. The monoisotopic (exact) mass is 512 g/mol. The topological polar surface area (TPSA) is 24.7 Å². The molecule has 0 atom stereocenters. The molecule has 2 aromatic rings. The van der Waals surface area contributed by atoms with Crippen LogP contribution in [-0.4, -0.2) is 11.4 Å². The van der Waals surface area contributed by atoms with Crippen molar-refractivity contribution in [3.8, 4) is 0 Å². The average molecular weight is 513 g/mol. The Kier molecular flexibility index (Phi) is 16.8. The van der Waals surface area contributed by atoms with E-state index < -0.39 is 0 Å². The second-order valence-corrected chi connectivity index (χ2v) is 10.1. The molecule has 2 aromatic carbocycles. The molecule has 0 fully saturated rings. The third-order valence-electron chi connectivity index (χ3n) is 6.83. The summed E-state index contributed by atoms with van der Waals surface area (Å²) in [5.41, 5.74) is 7.16. The van der Waals surface area contributed by atoms with Gasteiger partial charge in [-0.25, -0.2) is 0 Å². The van der Waals surface area contributed by atoms with Gasteiger partial charge >= 0.3 is 0 Å². The molecular weight excluding hydrogens is 460 g/mol. The minimum atomic E-state index is 0.888. The van der Waals surface area contributed by atoms with E-state index in [1.165, 1.54) is 43.2 Å². The van der Waals surface area contributed by atoms with Crippen LogP contribution < -0.4 is 0 Å². The number of rotatable bonds is 19. The maximum absolute atomic E-state index is 5.31. The van der Waals surface area contributed by atoms with Crippen molar-refractivity contribution in [2.45, 2.75) is 118 Å². The summed E-state index contributed by atoms with van der Waals surface area (Å²) >= 11 is 0. The smallest absolute Gasteiger partial charge is 0.0665 e. The van der Waals surface area contributed by atoms with Crippen LogP contribution in [0.15, 0.2) is 82.8 Å². The zero-order chi connectivity index (χ0) is 27.3. The van der Waals surface area contributed by atoms with Crippen LogP contribution in [0.1, 0.15) is 116 Å². The highest BCUT2D eigenvalue weighted by atomic mass is 14.8. The van der Waals surface area contributed by atoms with Crippen LogP contribution in [0.4, 0.5) is 11.4 Å². The molecule has 0 aliphatic heterocycles. The van der Waals surface area contributed by atoms with E-state index in [1.54, 1.807) is 0 Å². The Balaban J connectivity index is 2.35. The molecule has 2 rings (SSSR count). The standard InChI is InChI=1S/C36H52N2/c1-5-9-12-15-17-24-31-26-20-22-28-34(31)37-33(8-4)36(30-19-14-11-7-3)38-35-29-23-21-27-32(35)25-18-16-13-10-6-2/h12-13,15-16,20-23,26-29H,5-11,14,17-19,24-25,30H2,1-4H3/b15-12+,16-13+,37-33?,38-36?. The molecule has 38 heavy (non-hydrogen) atoms. The molecular formula is C36H52N2. The highest BCUT2D eigenvalue weighted by molar-refractivity contribution is 6.43. The SMILES string of the molecule is CCC/C=C/CCc1ccccc1N=C(CC)C(CCCCCC)=Nc1ccccc1CC/C=C/CCC. The molecule has 0 unspecified atom stereocenters. The molecule has 0 aliphatic carbocycles. The van der Waals surface area contributed by atoms with E-state index in [4.69, 9.17) is 9.98 Å². The molecule has 0 spiro atoms. The molecule has 0 bridgehead atoms. The molecule has 0 radical (unpaired) electrons. The van der Waals surface area contributed by atoms with Gasteiger partial charge in [0, 0.05) is 0 Å². The summed E-state index contributed by atoms with van der Waals surface area (Å²) in [6.45, 7) is 8.95. The van der Waals surface area contributed by atoms with Crippen LogP contribution in [0, 0.1) is 0 Å². The van der Waals surface area contributed by atoms with E-state index >= 15 is 0 Å². The number of benzene rings is 2. The van der Waals surface area contributed by atoms with Crippen molar-refractivity contribution in [3.05, 3.63) is 84.0 Å². The predicted octanol–water partition coefficient (Wildman–Crippen LogP) is 11.5. The largest absolute Gasteiger partial charge is 0.251 e. The van der Waals surface area contributed by atoms with E-state index in [2.05, 4.69) is 101 Å². The zero-order valence-electron chi connectivity index (χ0n) is 24.7. The minimum absolute atomic E-state index is 0.888. The maximum atomic E-state index is 5.31. The number of allylic oxidation sites excluding steroid dienone is 4. The van der Waals surface area contributed by atoms with Gasteiger partial charge in [0.1, 0.15) is 0 Å². The van der Waals surface area contributed by atoms with E-state index in [-0.39, 0.29) is 0 Å². The summed E-state index contributed by atoms with van der Waals surface area (Å²) < 4.78 is 0. The van der Waals surface area contributed by atoms with E-state index in [0.29, 0.717) is 0 Å². The van der Waals surface area contributed by atoms with Crippen LogP contribution in [0.5, 0.6) is 0 Å². The quantitative estimate of drug-likeness (QED) is 0.102. The van der Waals surface area contributed by atoms with Crippen molar-refractivity contribution < 1.29 is 0 Å². The lowest BCUT2D eigenvalue weighted by atomic mass is 10.0. The number of aliphatic imine (C=N–C) groups is 2. The Morgan fingerprint density at radius 2 is 1.05 bits per heavy atom. The summed E-state index contributed by atoms with van der Waals surface area (Å²) in [7, 11) is 0. The molecule has 0 amide bonds. The van der Waals surface area contributed by atoms with Gasteiger partial charge in [0.05, 0.1) is 22.8 Å². The van der Waals surface area contributed by atoms with Crippen LogP contribution in [0.2, 0.25) is 0 Å². The number of unbranched alkanes of at least 4 members (excludes halogenated alkanes) is 5. The molecule has 0 saturated heterocycles. The Hall–Kier alpha value is -2.74. The van der Waals surface area contributed by atoms with Gasteiger partial charge < -0.3 is 0 Å². The van der Waals surface area contributed by atoms with Gasteiger partial charge in [-0.2, -0.15) is 0 Å². The van der Waals surface area contributed by atoms with Crippen molar-refractivity contribution in [2.24, 2.45) is 9.98 Å². The summed E-state index contributed by atoms with van der Waals surface area (Å²) in [4.78, 5) is 10.6. The minimum Gasteiger partial charge on any atom is -0.251 e. The van der Waals surface area contributed by atoms with Crippen molar-refractivity contribution in [3.63, 3.8) is 0 Å². The van der Waals surface area contributed by atoms with Crippen LogP contribution in [0.3, 0.4) is 0 Å². The first-order chi connectivity index (χ1) is 18.7. The van der Waals surface area contributed by atoms with E-state index in [9.17, 15) is 0 Å². The number of hydrogen-bond donors (Lipinski definition) is 0. The average Bonchev–Trinajstić information content (AvgIpc) is 2.94. The Morgan fingerprint density at radius 1 is 0.553 bits per heavy atom. The number of para-hydroxylation sites is 2. The lowest BCUT2D eigenvalue weighted by Crippen LogP contribution is -2.13. The first-order valence-corrected chi connectivity index (χ1v) is 15.3. The lowest BCUT2D eigenvalue weighted by Gasteiger charge is -2.13. The fourth-order valence-electron chi connectivity index (χ4n) is 4.57. The van der Waals surface area contributed by atoms with Crippen LogP contribution >= 0.6 is 0 Å². The number of aryl methyl sites for hydroxylation is 2. The van der Waals surface area contributed by atoms with Gasteiger partial charge in [0.25, 0.3) is 0 Å². The van der Waals surface area contributed by atoms with E-state index in [1.807, 2.05) is 0 Å². The molecule has 206 valence electrons. The lowest BCUT2D eigenvalue weighted by molar-refractivity contribution is 0.684. The Bertz CT molecular complexity index is 1030. The molecule has 0 aromatic heterocycles. The molecule has 2 heteroatoms. The highest BCUT2D eigenvalue weighted by Gasteiger charge is 2.11. The molecule has 2 nitrogen and oxygen atoms in total. The summed E-state index contributed by atoms with van der Waals surface area (Å²) in [6, 6.07) is 17.3. The van der Waals surface area contributed by atoms with Gasteiger partial charge in [-0.3, -0.25) is 9.98 Å². The molecule has 0 heterocycles.